The molecule has 2 aliphatic rings. The van der Waals surface area contributed by atoms with Crippen molar-refractivity contribution in [3.05, 3.63) is 26.6 Å². The van der Waals surface area contributed by atoms with Crippen molar-refractivity contribution >= 4 is 27.5 Å². The second-order valence-corrected chi connectivity index (χ2v) is 8.50. The van der Waals surface area contributed by atoms with E-state index in [-0.39, 0.29) is 11.5 Å². The van der Waals surface area contributed by atoms with Gasteiger partial charge in [0, 0.05) is 44.0 Å². The van der Waals surface area contributed by atoms with Crippen molar-refractivity contribution in [2.24, 2.45) is 0 Å². The van der Waals surface area contributed by atoms with Crippen molar-refractivity contribution in [2.75, 3.05) is 39.8 Å². The SMILES string of the molecule is CNCCC(=O)N1CCN(Cc2nc3sc4c(c3c(=O)[nH]2)CCCC4)CC1. The fraction of sp³-hybridized carbons (Fsp3) is 0.632. The third-order valence-corrected chi connectivity index (χ3v) is 6.75. The summed E-state index contributed by atoms with van der Waals surface area (Å²) in [6.45, 7) is 4.45. The van der Waals surface area contributed by atoms with E-state index in [9.17, 15) is 9.59 Å². The number of nitrogens with zero attached hydrogens (tertiary/aromatic N) is 3. The number of amides is 1. The second kappa shape index (κ2) is 8.08. The molecule has 0 unspecified atom stereocenters. The van der Waals surface area contributed by atoms with Crippen LogP contribution < -0.4 is 10.9 Å². The van der Waals surface area contributed by atoms with Gasteiger partial charge in [0.25, 0.3) is 5.56 Å². The lowest BCUT2D eigenvalue weighted by Crippen LogP contribution is -2.48. The number of hydrogen-bond donors (Lipinski definition) is 2. The van der Waals surface area contributed by atoms with Gasteiger partial charge in [-0.2, -0.15) is 0 Å². The predicted molar refractivity (Wildman–Crippen MR) is 107 cm³/mol. The Morgan fingerprint density at radius 2 is 2.00 bits per heavy atom. The first-order chi connectivity index (χ1) is 13.2. The number of piperazine rings is 1. The van der Waals surface area contributed by atoms with Crippen LogP contribution in [0.1, 0.15) is 35.5 Å². The van der Waals surface area contributed by atoms with Gasteiger partial charge in [0.15, 0.2) is 0 Å². The number of fused-ring (bicyclic) bond motifs is 3. The number of nitrogens with one attached hydrogen (secondary N) is 2. The number of hydrogen-bond acceptors (Lipinski definition) is 6. The van der Waals surface area contributed by atoms with Crippen molar-refractivity contribution < 1.29 is 4.79 Å². The van der Waals surface area contributed by atoms with E-state index in [1.54, 1.807) is 11.3 Å². The largest absolute Gasteiger partial charge is 0.340 e. The van der Waals surface area contributed by atoms with Gasteiger partial charge in [-0.25, -0.2) is 4.98 Å². The van der Waals surface area contributed by atoms with Crippen molar-refractivity contribution in [2.45, 2.75) is 38.6 Å². The number of aryl methyl sites for hydroxylation is 2. The molecule has 0 radical (unpaired) electrons. The molecule has 0 aromatic carbocycles. The highest BCUT2D eigenvalue weighted by atomic mass is 32.1. The maximum atomic E-state index is 12.6. The van der Waals surface area contributed by atoms with Crippen molar-refractivity contribution in [1.82, 2.24) is 25.1 Å². The van der Waals surface area contributed by atoms with Gasteiger partial charge in [-0.05, 0) is 38.3 Å². The van der Waals surface area contributed by atoms with Crippen LogP contribution in [0.25, 0.3) is 10.2 Å². The topological polar surface area (TPSA) is 81.3 Å². The summed E-state index contributed by atoms with van der Waals surface area (Å²) in [5, 5.41) is 3.84. The van der Waals surface area contributed by atoms with Crippen LogP contribution in [0.5, 0.6) is 0 Å². The molecule has 146 valence electrons. The molecule has 1 saturated heterocycles. The summed E-state index contributed by atoms with van der Waals surface area (Å²) in [7, 11) is 1.86. The lowest BCUT2D eigenvalue weighted by molar-refractivity contribution is -0.132. The van der Waals surface area contributed by atoms with Crippen molar-refractivity contribution in [3.8, 4) is 0 Å². The molecule has 4 rings (SSSR count). The minimum atomic E-state index is 0.00952. The molecule has 0 bridgehead atoms. The molecule has 8 heteroatoms. The van der Waals surface area contributed by atoms with Gasteiger partial charge >= 0.3 is 0 Å². The molecule has 7 nitrogen and oxygen atoms in total. The van der Waals surface area contributed by atoms with E-state index in [0.717, 1.165) is 68.0 Å². The standard InChI is InChI=1S/C19H27N5O2S/c1-20-7-6-16(25)24-10-8-23(9-11-24)12-15-21-18(26)17-13-4-2-3-5-14(13)27-19(17)22-15/h20H,2-12H2,1H3,(H,21,22,26). The summed E-state index contributed by atoms with van der Waals surface area (Å²) in [5.41, 5.74) is 1.24. The molecule has 2 N–H and O–H groups in total. The first kappa shape index (κ1) is 18.6. The maximum Gasteiger partial charge on any atom is 0.259 e. The zero-order chi connectivity index (χ0) is 18.8. The molecule has 1 amide bonds. The number of H-pyrrole nitrogens is 1. The Bertz CT molecular complexity index is 882. The van der Waals surface area contributed by atoms with Crippen LogP contribution >= 0.6 is 11.3 Å². The van der Waals surface area contributed by atoms with E-state index < -0.39 is 0 Å². The molecule has 1 aliphatic carbocycles. The lowest BCUT2D eigenvalue weighted by atomic mass is 9.97. The molecule has 0 saturated carbocycles. The molecule has 0 atom stereocenters. The van der Waals surface area contributed by atoms with Crippen molar-refractivity contribution in [1.29, 1.82) is 0 Å². The Morgan fingerprint density at radius 1 is 1.22 bits per heavy atom. The molecule has 1 fully saturated rings. The van der Waals surface area contributed by atoms with Crippen LogP contribution in [0.4, 0.5) is 0 Å². The Kier molecular flexibility index (Phi) is 5.56. The average Bonchev–Trinajstić information content (AvgIpc) is 3.05. The van der Waals surface area contributed by atoms with E-state index in [1.807, 2.05) is 11.9 Å². The van der Waals surface area contributed by atoms with Crippen LogP contribution in [-0.2, 0) is 24.2 Å². The molecular weight excluding hydrogens is 362 g/mol. The van der Waals surface area contributed by atoms with Gasteiger partial charge in [-0.1, -0.05) is 0 Å². The Hall–Kier alpha value is -1.77. The van der Waals surface area contributed by atoms with E-state index in [1.165, 1.54) is 16.9 Å². The van der Waals surface area contributed by atoms with E-state index in [4.69, 9.17) is 4.98 Å². The average molecular weight is 390 g/mol. The number of thiophene rings is 1. The molecule has 2 aromatic rings. The Labute approximate surface area is 162 Å². The third kappa shape index (κ3) is 3.93. The smallest absolute Gasteiger partial charge is 0.259 e. The number of carbonyl (C=O) groups is 1. The summed E-state index contributed by atoms with van der Waals surface area (Å²) < 4.78 is 0. The maximum absolute atomic E-state index is 12.6. The quantitative estimate of drug-likeness (QED) is 0.801. The van der Waals surface area contributed by atoms with Crippen LogP contribution in [0.2, 0.25) is 0 Å². The van der Waals surface area contributed by atoms with Crippen molar-refractivity contribution in [3.63, 3.8) is 0 Å². The minimum Gasteiger partial charge on any atom is -0.340 e. The molecule has 27 heavy (non-hydrogen) atoms. The summed E-state index contributed by atoms with van der Waals surface area (Å²) in [6, 6.07) is 0. The number of rotatable bonds is 5. The van der Waals surface area contributed by atoms with Gasteiger partial charge in [0.1, 0.15) is 10.7 Å². The molecule has 3 heterocycles. The fourth-order valence-electron chi connectivity index (χ4n) is 4.04. The summed E-state index contributed by atoms with van der Waals surface area (Å²) in [5.74, 6) is 0.946. The Morgan fingerprint density at radius 3 is 2.78 bits per heavy atom. The lowest BCUT2D eigenvalue weighted by Gasteiger charge is -2.34. The number of aromatic amines is 1. The van der Waals surface area contributed by atoms with Gasteiger partial charge < -0.3 is 15.2 Å². The van der Waals surface area contributed by atoms with Gasteiger partial charge in [0.05, 0.1) is 11.9 Å². The van der Waals surface area contributed by atoms with Crippen LogP contribution in [0.3, 0.4) is 0 Å². The minimum absolute atomic E-state index is 0.00952. The van der Waals surface area contributed by atoms with Crippen LogP contribution in [0, 0.1) is 0 Å². The third-order valence-electron chi connectivity index (χ3n) is 5.56. The predicted octanol–water partition coefficient (Wildman–Crippen LogP) is 1.12. The molecule has 0 spiro atoms. The first-order valence-corrected chi connectivity index (χ1v) is 10.7. The normalized spacial score (nSPS) is 18.0. The highest BCUT2D eigenvalue weighted by molar-refractivity contribution is 7.18. The number of aromatic nitrogens is 2. The zero-order valence-electron chi connectivity index (χ0n) is 15.8. The van der Waals surface area contributed by atoms with Gasteiger partial charge in [-0.15, -0.1) is 11.3 Å². The highest BCUT2D eigenvalue weighted by Crippen LogP contribution is 2.33. The van der Waals surface area contributed by atoms with E-state index >= 15 is 0 Å². The highest BCUT2D eigenvalue weighted by Gasteiger charge is 2.23. The van der Waals surface area contributed by atoms with Crippen LogP contribution in [0.15, 0.2) is 4.79 Å². The van der Waals surface area contributed by atoms with E-state index in [2.05, 4.69) is 15.2 Å². The monoisotopic (exact) mass is 389 g/mol. The summed E-state index contributed by atoms with van der Waals surface area (Å²) in [6.07, 6.45) is 5.00. The summed E-state index contributed by atoms with van der Waals surface area (Å²) >= 11 is 1.69. The zero-order valence-corrected chi connectivity index (χ0v) is 16.7. The van der Waals surface area contributed by atoms with Gasteiger partial charge in [0.2, 0.25) is 5.91 Å². The fourth-order valence-corrected chi connectivity index (χ4v) is 5.32. The summed E-state index contributed by atoms with van der Waals surface area (Å²) in [4.78, 5) is 39.0. The second-order valence-electron chi connectivity index (χ2n) is 7.41. The van der Waals surface area contributed by atoms with E-state index in [0.29, 0.717) is 13.0 Å². The number of carbonyl (C=O) groups excluding carboxylic acids is 1. The van der Waals surface area contributed by atoms with Gasteiger partial charge in [-0.3, -0.25) is 14.5 Å². The Balaban J connectivity index is 1.42. The molecular formula is C19H27N5O2S. The first-order valence-electron chi connectivity index (χ1n) is 9.84. The molecule has 1 aliphatic heterocycles. The molecule has 2 aromatic heterocycles. The van der Waals surface area contributed by atoms with Crippen LogP contribution in [-0.4, -0.2) is 65.4 Å².